The molecule has 0 aliphatic heterocycles. The Kier molecular flexibility index (Phi) is 6.25. The van der Waals surface area contributed by atoms with Crippen LogP contribution in [0.2, 0.25) is 0 Å². The predicted octanol–water partition coefficient (Wildman–Crippen LogP) is 1.80. The maximum atomic E-state index is 11.2. The smallest absolute Gasteiger partial charge is 0.356 e. The molecule has 100 valence electrons. The fraction of sp³-hybridized carbons (Fsp3) is 0.333. The van der Waals surface area contributed by atoms with Crippen LogP contribution in [0, 0.1) is 11.3 Å². The summed E-state index contributed by atoms with van der Waals surface area (Å²) in [5.74, 6) is -0.474. The van der Waals surface area contributed by atoms with Gasteiger partial charge in [-0.05, 0) is 11.6 Å². The summed E-state index contributed by atoms with van der Waals surface area (Å²) in [7, 11) is 1.31. The van der Waals surface area contributed by atoms with E-state index in [-0.39, 0.29) is 5.69 Å². The van der Waals surface area contributed by atoms with Crippen molar-refractivity contribution in [3.8, 4) is 6.07 Å². The first-order valence-corrected chi connectivity index (χ1v) is 6.32. The number of rotatable bonds is 5. The first-order chi connectivity index (χ1) is 9.08. The number of carbonyl (C=O) groups is 1. The van der Waals surface area contributed by atoms with E-state index in [2.05, 4.69) is 28.4 Å². The minimum absolute atomic E-state index is 0.253. The zero-order chi connectivity index (χ0) is 14.3. The van der Waals surface area contributed by atoms with Crippen LogP contribution in [0.25, 0.3) is 0 Å². The molecule has 1 aromatic rings. The summed E-state index contributed by atoms with van der Waals surface area (Å²) in [4.78, 5) is 17.0. The Bertz CT molecular complexity index is 497. The number of nitrogens with zero attached hydrogens (tertiary/aromatic N) is 3. The van der Waals surface area contributed by atoms with Gasteiger partial charge in [0.25, 0.3) is 0 Å². The maximum Gasteiger partial charge on any atom is 0.356 e. The van der Waals surface area contributed by atoms with E-state index in [9.17, 15) is 4.79 Å². The van der Waals surface area contributed by atoms with E-state index >= 15 is 0 Å². The molecule has 0 saturated carbocycles. The van der Waals surface area contributed by atoms with Crippen LogP contribution in [-0.2, 0) is 11.3 Å². The number of hydrogen-bond acceptors (Lipinski definition) is 5. The van der Waals surface area contributed by atoms with Crippen molar-refractivity contribution in [1.82, 2.24) is 9.88 Å². The molecular weight excluding hydrogens is 282 g/mol. The van der Waals surface area contributed by atoms with Crippen molar-refractivity contribution in [2.24, 2.45) is 0 Å². The van der Waals surface area contributed by atoms with Gasteiger partial charge in [0.05, 0.1) is 19.6 Å². The molecule has 0 amide bonds. The van der Waals surface area contributed by atoms with E-state index in [4.69, 9.17) is 17.5 Å². The van der Waals surface area contributed by atoms with Gasteiger partial charge in [-0.2, -0.15) is 5.26 Å². The van der Waals surface area contributed by atoms with Crippen molar-refractivity contribution in [2.45, 2.75) is 13.0 Å². The molecule has 0 radical (unpaired) electrons. The Balaban J connectivity index is 2.72. The first-order valence-electron chi connectivity index (χ1n) is 5.46. The number of carbonyl (C=O) groups excluding carboxylic acids is 1. The Labute approximate surface area is 122 Å². The average Bonchev–Trinajstić information content (AvgIpc) is 2.43. The quantitative estimate of drug-likeness (QED) is 0.507. The van der Waals surface area contributed by atoms with E-state index in [0.29, 0.717) is 23.8 Å². The SMILES string of the molecule is COC(=O)c1ccc(CN(CCC#N)C(=S)S)cn1. The number of ether oxygens (including phenoxy) is 1. The van der Waals surface area contributed by atoms with E-state index in [1.807, 2.05) is 0 Å². The molecule has 0 aliphatic rings. The Hall–Kier alpha value is -1.65. The van der Waals surface area contributed by atoms with Gasteiger partial charge < -0.3 is 9.64 Å². The predicted molar refractivity (Wildman–Crippen MR) is 77.8 cm³/mol. The lowest BCUT2D eigenvalue weighted by atomic mass is 10.2. The zero-order valence-electron chi connectivity index (χ0n) is 10.4. The first kappa shape index (κ1) is 15.4. The Morgan fingerprint density at radius 3 is 2.84 bits per heavy atom. The largest absolute Gasteiger partial charge is 0.464 e. The summed E-state index contributed by atoms with van der Waals surface area (Å²) in [6.45, 7) is 1.01. The van der Waals surface area contributed by atoms with Gasteiger partial charge in [-0.25, -0.2) is 9.78 Å². The number of pyridine rings is 1. The average molecular weight is 295 g/mol. The number of nitriles is 1. The molecule has 7 heteroatoms. The highest BCUT2D eigenvalue weighted by molar-refractivity contribution is 8.10. The minimum Gasteiger partial charge on any atom is -0.464 e. The van der Waals surface area contributed by atoms with Crippen LogP contribution in [0.3, 0.4) is 0 Å². The van der Waals surface area contributed by atoms with Gasteiger partial charge in [-0.3, -0.25) is 0 Å². The molecule has 1 aromatic heterocycles. The Morgan fingerprint density at radius 2 is 2.37 bits per heavy atom. The third-order valence-corrected chi connectivity index (χ3v) is 2.90. The van der Waals surface area contributed by atoms with Gasteiger partial charge in [0, 0.05) is 19.3 Å². The molecule has 1 rings (SSSR count). The molecule has 0 spiro atoms. The van der Waals surface area contributed by atoms with Crippen LogP contribution in [-0.4, -0.2) is 33.8 Å². The molecule has 19 heavy (non-hydrogen) atoms. The lowest BCUT2D eigenvalue weighted by molar-refractivity contribution is 0.0594. The number of hydrogen-bond donors (Lipinski definition) is 1. The van der Waals surface area contributed by atoms with E-state index in [0.717, 1.165) is 5.56 Å². The topological polar surface area (TPSA) is 66.2 Å². The highest BCUT2D eigenvalue weighted by Gasteiger charge is 2.09. The highest BCUT2D eigenvalue weighted by Crippen LogP contribution is 2.08. The zero-order valence-corrected chi connectivity index (χ0v) is 12.1. The lowest BCUT2D eigenvalue weighted by Gasteiger charge is -2.21. The summed E-state index contributed by atoms with van der Waals surface area (Å²) in [5.41, 5.74) is 1.13. The number of esters is 1. The van der Waals surface area contributed by atoms with E-state index in [1.165, 1.54) is 7.11 Å². The molecule has 0 atom stereocenters. The normalized spacial score (nSPS) is 9.53. The van der Waals surface area contributed by atoms with Gasteiger partial charge in [-0.1, -0.05) is 18.3 Å². The second-order valence-corrected chi connectivity index (χ2v) is 4.77. The lowest BCUT2D eigenvalue weighted by Crippen LogP contribution is -2.26. The summed E-state index contributed by atoms with van der Waals surface area (Å²) >= 11 is 9.12. The van der Waals surface area contributed by atoms with Crippen LogP contribution < -0.4 is 0 Å². The van der Waals surface area contributed by atoms with Crippen LogP contribution in [0.5, 0.6) is 0 Å². The van der Waals surface area contributed by atoms with Crippen LogP contribution in [0.4, 0.5) is 0 Å². The molecule has 5 nitrogen and oxygen atoms in total. The van der Waals surface area contributed by atoms with E-state index < -0.39 is 5.97 Å². The van der Waals surface area contributed by atoms with Crippen LogP contribution in [0.15, 0.2) is 18.3 Å². The van der Waals surface area contributed by atoms with Crippen molar-refractivity contribution in [1.29, 1.82) is 5.26 Å². The number of methoxy groups -OCH3 is 1. The number of aromatic nitrogens is 1. The maximum absolute atomic E-state index is 11.2. The van der Waals surface area contributed by atoms with Gasteiger partial charge in [0.1, 0.15) is 10.0 Å². The second-order valence-electron chi connectivity index (χ2n) is 3.66. The highest BCUT2D eigenvalue weighted by atomic mass is 32.1. The molecule has 0 aromatic carbocycles. The molecule has 1 heterocycles. The van der Waals surface area contributed by atoms with Crippen LogP contribution in [0.1, 0.15) is 22.5 Å². The molecule has 0 aliphatic carbocycles. The second kappa shape index (κ2) is 7.71. The monoisotopic (exact) mass is 295 g/mol. The van der Waals surface area contributed by atoms with Crippen molar-refractivity contribution in [3.63, 3.8) is 0 Å². The van der Waals surface area contributed by atoms with Crippen LogP contribution >= 0.6 is 24.8 Å². The minimum atomic E-state index is -0.474. The van der Waals surface area contributed by atoms with Crippen molar-refractivity contribution in [3.05, 3.63) is 29.6 Å². The van der Waals surface area contributed by atoms with Crippen molar-refractivity contribution in [2.75, 3.05) is 13.7 Å². The van der Waals surface area contributed by atoms with Gasteiger partial charge >= 0.3 is 5.97 Å². The summed E-state index contributed by atoms with van der Waals surface area (Å²) < 4.78 is 4.99. The third kappa shape index (κ3) is 4.85. The molecule has 0 saturated heterocycles. The van der Waals surface area contributed by atoms with E-state index in [1.54, 1.807) is 23.2 Å². The molecule has 0 fully saturated rings. The van der Waals surface area contributed by atoms with Crippen molar-refractivity contribution >= 4 is 35.1 Å². The summed E-state index contributed by atoms with van der Waals surface area (Å²) in [5, 5.41) is 8.58. The third-order valence-electron chi connectivity index (χ3n) is 2.36. The molecular formula is C12H13N3O2S2. The standard InChI is InChI=1S/C12H13N3O2S2/c1-17-11(16)10-4-3-9(7-14-10)8-15(12(18)19)6-2-5-13/h3-4,7H,2,6,8H2,1H3,(H,18,19). The Morgan fingerprint density at radius 1 is 1.63 bits per heavy atom. The number of thiol groups is 1. The summed E-state index contributed by atoms with van der Waals surface area (Å²) in [6.07, 6.45) is 1.95. The number of thiocarbonyl (C=S) groups is 1. The molecule has 0 N–H and O–H groups in total. The molecule has 0 bridgehead atoms. The fourth-order valence-electron chi connectivity index (χ4n) is 1.39. The van der Waals surface area contributed by atoms with Gasteiger partial charge in [0.2, 0.25) is 0 Å². The van der Waals surface area contributed by atoms with Gasteiger partial charge in [0.15, 0.2) is 0 Å². The van der Waals surface area contributed by atoms with Crippen molar-refractivity contribution < 1.29 is 9.53 Å². The van der Waals surface area contributed by atoms with Gasteiger partial charge in [-0.15, -0.1) is 12.6 Å². The fourth-order valence-corrected chi connectivity index (χ4v) is 1.72. The molecule has 0 unspecified atom stereocenters. The summed E-state index contributed by atoms with van der Waals surface area (Å²) in [6, 6.07) is 5.42.